The first kappa shape index (κ1) is 23.4. The normalized spacial score (nSPS) is 17.7. The molecule has 0 N–H and O–H groups in total. The lowest BCUT2D eigenvalue weighted by Crippen LogP contribution is -2.47. The second-order valence-corrected chi connectivity index (χ2v) is 9.07. The molecule has 3 heterocycles. The molecule has 178 valence electrons. The van der Waals surface area contributed by atoms with Crippen LogP contribution in [0.25, 0.3) is 0 Å². The van der Waals surface area contributed by atoms with Crippen molar-refractivity contribution < 1.29 is 28.2 Å². The third-order valence-electron chi connectivity index (χ3n) is 5.73. The number of aryl methyl sites for hydroxylation is 1. The van der Waals surface area contributed by atoms with Crippen LogP contribution in [0.2, 0.25) is 0 Å². The highest BCUT2D eigenvalue weighted by atomic mass is 35.5. The van der Waals surface area contributed by atoms with Crippen molar-refractivity contribution in [2.75, 3.05) is 26.5 Å². The molecule has 1 fully saturated rings. The molecule has 4 rings (SSSR count). The van der Waals surface area contributed by atoms with Gasteiger partial charge in [0.1, 0.15) is 16.9 Å². The van der Waals surface area contributed by atoms with Gasteiger partial charge in [-0.2, -0.15) is 0 Å². The zero-order chi connectivity index (χ0) is 23.4. The van der Waals surface area contributed by atoms with Crippen molar-refractivity contribution in [3.05, 3.63) is 47.4 Å². The van der Waals surface area contributed by atoms with Crippen LogP contribution in [-0.2, 0) is 27.4 Å². The summed E-state index contributed by atoms with van der Waals surface area (Å²) in [7, 11) is 0. The number of rotatable bonds is 9. The van der Waals surface area contributed by atoms with Gasteiger partial charge in [-0.05, 0) is 56.5 Å². The van der Waals surface area contributed by atoms with Gasteiger partial charge in [0.05, 0.1) is 19.2 Å². The van der Waals surface area contributed by atoms with Gasteiger partial charge in [-0.25, -0.2) is 0 Å². The Kier molecular flexibility index (Phi) is 7.45. The molecule has 9 heteroatoms. The van der Waals surface area contributed by atoms with E-state index in [2.05, 4.69) is 0 Å². The summed E-state index contributed by atoms with van der Waals surface area (Å²) in [6.45, 7) is 5.20. The highest BCUT2D eigenvalue weighted by Gasteiger charge is 2.29. The second-order valence-electron chi connectivity index (χ2n) is 8.42. The van der Waals surface area contributed by atoms with Crippen LogP contribution in [0, 0.1) is 6.92 Å². The minimum atomic E-state index is -0.728. The van der Waals surface area contributed by atoms with Crippen molar-refractivity contribution in [2.24, 2.45) is 0 Å². The third-order valence-corrected chi connectivity index (χ3v) is 5.92. The fraction of sp³-hybridized carbons (Fsp3) is 0.500. The predicted octanol–water partition coefficient (Wildman–Crippen LogP) is 3.48. The highest BCUT2D eigenvalue weighted by Crippen LogP contribution is 2.33. The Morgan fingerprint density at radius 3 is 2.64 bits per heavy atom. The van der Waals surface area contributed by atoms with E-state index >= 15 is 0 Å². The molecule has 33 heavy (non-hydrogen) atoms. The van der Waals surface area contributed by atoms with Gasteiger partial charge in [0.15, 0.2) is 11.5 Å². The van der Waals surface area contributed by atoms with Crippen LogP contribution in [0.15, 0.2) is 34.7 Å². The predicted molar refractivity (Wildman–Crippen MR) is 121 cm³/mol. The zero-order valence-electron chi connectivity index (χ0n) is 18.9. The van der Waals surface area contributed by atoms with Crippen LogP contribution in [0.5, 0.6) is 11.5 Å². The number of carbonyl (C=O) groups excluding carboxylic acids is 2. The maximum atomic E-state index is 13.5. The van der Waals surface area contributed by atoms with E-state index in [1.807, 2.05) is 37.3 Å². The van der Waals surface area contributed by atoms with Crippen molar-refractivity contribution in [3.8, 4) is 11.5 Å². The smallest absolute Gasteiger partial charge is 0.242 e. The lowest BCUT2D eigenvalue weighted by atomic mass is 10.1. The van der Waals surface area contributed by atoms with E-state index in [1.54, 1.807) is 11.8 Å². The molecule has 2 atom stereocenters. The summed E-state index contributed by atoms with van der Waals surface area (Å²) in [5.41, 5.74) is 0.888. The SMILES string of the molecule is Cc1ccc(CN(Cc2ccc3c(c2)OCO3)C(=O)CN(CC2CCCO2)C(=O)C(C)Cl)o1. The largest absolute Gasteiger partial charge is 0.464 e. The quantitative estimate of drug-likeness (QED) is 0.515. The number of amides is 2. The molecule has 2 unspecified atom stereocenters. The average Bonchev–Trinajstić information content (AvgIpc) is 3.54. The summed E-state index contributed by atoms with van der Waals surface area (Å²) in [6.07, 6.45) is 1.74. The van der Waals surface area contributed by atoms with E-state index in [0.29, 0.717) is 37.0 Å². The molecule has 2 aromatic rings. The first-order valence-electron chi connectivity index (χ1n) is 11.1. The summed E-state index contributed by atoms with van der Waals surface area (Å²) in [6, 6.07) is 9.32. The maximum absolute atomic E-state index is 13.5. The lowest BCUT2D eigenvalue weighted by Gasteiger charge is -2.29. The number of furan rings is 1. The number of alkyl halides is 1. The molecule has 8 nitrogen and oxygen atoms in total. The molecule has 1 aromatic heterocycles. The standard InChI is InChI=1S/C24H29ClN2O6/c1-16-5-7-20(33-16)13-26(11-18-6-8-21-22(10-18)32-15-31-21)23(28)14-27(24(29)17(2)25)12-19-4-3-9-30-19/h5-8,10,17,19H,3-4,9,11-15H2,1-2H3. The molecular weight excluding hydrogens is 448 g/mol. The average molecular weight is 477 g/mol. The zero-order valence-corrected chi connectivity index (χ0v) is 19.7. The Morgan fingerprint density at radius 2 is 1.94 bits per heavy atom. The number of halogens is 1. The first-order chi connectivity index (χ1) is 15.9. The molecule has 2 amide bonds. The monoisotopic (exact) mass is 476 g/mol. The number of benzene rings is 1. The number of hydrogen-bond donors (Lipinski definition) is 0. The van der Waals surface area contributed by atoms with Crippen molar-refractivity contribution in [1.29, 1.82) is 0 Å². The molecule has 1 aromatic carbocycles. The molecule has 0 bridgehead atoms. The van der Waals surface area contributed by atoms with E-state index < -0.39 is 5.38 Å². The fourth-order valence-electron chi connectivity index (χ4n) is 4.03. The molecule has 2 aliphatic heterocycles. The summed E-state index contributed by atoms with van der Waals surface area (Å²) < 4.78 is 22.3. The highest BCUT2D eigenvalue weighted by molar-refractivity contribution is 6.30. The first-order valence-corrected chi connectivity index (χ1v) is 11.6. The topological polar surface area (TPSA) is 81.5 Å². The summed E-state index contributed by atoms with van der Waals surface area (Å²) >= 11 is 6.09. The number of hydrogen-bond acceptors (Lipinski definition) is 6. The Labute approximate surface area is 198 Å². The van der Waals surface area contributed by atoms with Crippen molar-refractivity contribution >= 4 is 23.4 Å². The van der Waals surface area contributed by atoms with Crippen LogP contribution in [0.1, 0.15) is 36.8 Å². The van der Waals surface area contributed by atoms with Gasteiger partial charge in [0, 0.05) is 19.7 Å². The van der Waals surface area contributed by atoms with Crippen molar-refractivity contribution in [1.82, 2.24) is 9.80 Å². The number of carbonyl (C=O) groups is 2. The Bertz CT molecular complexity index is 985. The van der Waals surface area contributed by atoms with Gasteiger partial charge in [-0.3, -0.25) is 9.59 Å². The fourth-order valence-corrected chi connectivity index (χ4v) is 4.17. The van der Waals surface area contributed by atoms with E-state index in [-0.39, 0.29) is 37.8 Å². The summed E-state index contributed by atoms with van der Waals surface area (Å²) in [5, 5.41) is -0.728. The lowest BCUT2D eigenvalue weighted by molar-refractivity contribution is -0.142. The molecule has 0 aliphatic carbocycles. The molecule has 0 spiro atoms. The molecular formula is C24H29ClN2O6. The van der Waals surface area contributed by atoms with Gasteiger partial charge >= 0.3 is 0 Å². The van der Waals surface area contributed by atoms with Crippen LogP contribution >= 0.6 is 11.6 Å². The van der Waals surface area contributed by atoms with Gasteiger partial charge in [0.2, 0.25) is 18.6 Å². The van der Waals surface area contributed by atoms with Crippen LogP contribution < -0.4 is 9.47 Å². The molecule has 0 saturated carbocycles. The van der Waals surface area contributed by atoms with Gasteiger partial charge in [-0.15, -0.1) is 11.6 Å². The maximum Gasteiger partial charge on any atom is 0.242 e. The Hall–Kier alpha value is -2.71. The summed E-state index contributed by atoms with van der Waals surface area (Å²) in [5.74, 6) is 2.29. The summed E-state index contributed by atoms with van der Waals surface area (Å²) in [4.78, 5) is 29.4. The van der Waals surface area contributed by atoms with E-state index in [4.69, 9.17) is 30.2 Å². The Balaban J connectivity index is 1.52. The minimum Gasteiger partial charge on any atom is -0.464 e. The van der Waals surface area contributed by atoms with Crippen LogP contribution in [0.4, 0.5) is 0 Å². The molecule has 1 saturated heterocycles. The van der Waals surface area contributed by atoms with E-state index in [1.165, 1.54) is 4.90 Å². The van der Waals surface area contributed by atoms with Crippen LogP contribution in [-0.4, -0.2) is 59.6 Å². The molecule has 2 aliphatic rings. The van der Waals surface area contributed by atoms with E-state index in [9.17, 15) is 9.59 Å². The number of ether oxygens (including phenoxy) is 3. The van der Waals surface area contributed by atoms with Crippen LogP contribution in [0.3, 0.4) is 0 Å². The Morgan fingerprint density at radius 1 is 1.12 bits per heavy atom. The minimum absolute atomic E-state index is 0.0767. The third kappa shape index (κ3) is 6.00. The number of nitrogens with zero attached hydrogens (tertiary/aromatic N) is 2. The van der Waals surface area contributed by atoms with E-state index in [0.717, 1.165) is 24.2 Å². The molecule has 0 radical (unpaired) electrons. The van der Waals surface area contributed by atoms with Gasteiger partial charge < -0.3 is 28.4 Å². The number of fused-ring (bicyclic) bond motifs is 1. The van der Waals surface area contributed by atoms with Crippen molar-refractivity contribution in [2.45, 2.75) is 51.3 Å². The second kappa shape index (κ2) is 10.5. The van der Waals surface area contributed by atoms with Gasteiger partial charge in [0.25, 0.3) is 0 Å². The van der Waals surface area contributed by atoms with Gasteiger partial charge in [-0.1, -0.05) is 6.07 Å². The van der Waals surface area contributed by atoms with Crippen molar-refractivity contribution in [3.63, 3.8) is 0 Å².